The Morgan fingerprint density at radius 1 is 1.69 bits per heavy atom. The van der Waals surface area contributed by atoms with E-state index in [-0.39, 0.29) is 5.91 Å². The number of nitrogens with one attached hydrogen (secondary N) is 1. The lowest BCUT2D eigenvalue weighted by Gasteiger charge is -1.95. The third-order valence-corrected chi connectivity index (χ3v) is 2.74. The van der Waals surface area contributed by atoms with E-state index in [1.54, 1.807) is 6.92 Å². The second kappa shape index (κ2) is 4.34. The molecule has 0 aromatic carbocycles. The first-order valence-corrected chi connectivity index (χ1v) is 4.95. The van der Waals surface area contributed by atoms with Crippen LogP contribution in [0, 0.1) is 6.92 Å². The number of nitrogens with zero attached hydrogens (tertiary/aromatic N) is 1. The van der Waals surface area contributed by atoms with Gasteiger partial charge < -0.3 is 11.1 Å². The number of carbonyl (C=O) groups is 1. The molecule has 5 heteroatoms. The third kappa shape index (κ3) is 2.50. The van der Waals surface area contributed by atoms with Gasteiger partial charge in [-0.1, -0.05) is 6.92 Å². The van der Waals surface area contributed by atoms with Gasteiger partial charge in [0, 0.05) is 17.8 Å². The van der Waals surface area contributed by atoms with Crippen LogP contribution in [0.25, 0.3) is 0 Å². The second-order valence-corrected chi connectivity index (χ2v) is 3.72. The van der Waals surface area contributed by atoms with Gasteiger partial charge in [-0.3, -0.25) is 4.79 Å². The first-order valence-electron chi connectivity index (χ1n) is 4.13. The number of carbonyl (C=O) groups excluding carboxylic acids is 1. The van der Waals surface area contributed by atoms with Gasteiger partial charge in [0.05, 0.1) is 5.69 Å². The Morgan fingerprint density at radius 3 is 2.85 bits per heavy atom. The summed E-state index contributed by atoms with van der Waals surface area (Å²) in [7, 11) is 0. The van der Waals surface area contributed by atoms with E-state index in [4.69, 9.17) is 5.73 Å². The lowest BCUT2D eigenvalue weighted by molar-refractivity contribution is -0.115. The molecule has 0 saturated heterocycles. The van der Waals surface area contributed by atoms with Crippen LogP contribution < -0.4 is 11.1 Å². The van der Waals surface area contributed by atoms with Crippen molar-refractivity contribution in [3.8, 4) is 0 Å². The summed E-state index contributed by atoms with van der Waals surface area (Å²) in [6, 6.07) is 0. The van der Waals surface area contributed by atoms with Crippen LogP contribution in [-0.4, -0.2) is 10.9 Å². The molecular weight excluding hydrogens is 186 g/mol. The van der Waals surface area contributed by atoms with Crippen molar-refractivity contribution in [3.63, 3.8) is 0 Å². The number of anilines is 1. The van der Waals surface area contributed by atoms with E-state index in [0.29, 0.717) is 18.1 Å². The highest BCUT2D eigenvalue weighted by molar-refractivity contribution is 7.15. The van der Waals surface area contributed by atoms with Crippen LogP contribution in [0.3, 0.4) is 0 Å². The van der Waals surface area contributed by atoms with Crippen molar-refractivity contribution in [1.82, 2.24) is 4.98 Å². The van der Waals surface area contributed by atoms with Crippen LogP contribution in [0.1, 0.15) is 23.9 Å². The lowest BCUT2D eigenvalue weighted by Crippen LogP contribution is -2.08. The lowest BCUT2D eigenvalue weighted by atomic mass is 10.4. The summed E-state index contributed by atoms with van der Waals surface area (Å²) in [6.07, 6.45) is 0.469. The molecule has 0 radical (unpaired) electrons. The van der Waals surface area contributed by atoms with Gasteiger partial charge in [0.25, 0.3) is 0 Å². The monoisotopic (exact) mass is 199 g/mol. The van der Waals surface area contributed by atoms with E-state index < -0.39 is 0 Å². The molecule has 0 aliphatic carbocycles. The van der Waals surface area contributed by atoms with Crippen molar-refractivity contribution in [1.29, 1.82) is 0 Å². The van der Waals surface area contributed by atoms with Crippen LogP contribution in [0.2, 0.25) is 0 Å². The van der Waals surface area contributed by atoms with E-state index in [9.17, 15) is 4.79 Å². The van der Waals surface area contributed by atoms with E-state index >= 15 is 0 Å². The average molecular weight is 199 g/mol. The van der Waals surface area contributed by atoms with Crippen LogP contribution in [0.4, 0.5) is 5.13 Å². The number of aryl methyl sites for hydroxylation is 1. The van der Waals surface area contributed by atoms with Gasteiger partial charge in [-0.15, -0.1) is 11.3 Å². The largest absolute Gasteiger partial charge is 0.326 e. The molecule has 4 nitrogen and oxygen atoms in total. The summed E-state index contributed by atoms with van der Waals surface area (Å²) in [5, 5.41) is 3.34. The number of hydrogen-bond donors (Lipinski definition) is 2. The Hall–Kier alpha value is -0.940. The van der Waals surface area contributed by atoms with Gasteiger partial charge in [-0.05, 0) is 6.92 Å². The summed E-state index contributed by atoms with van der Waals surface area (Å²) in [5.74, 6) is -0.0164. The van der Waals surface area contributed by atoms with Gasteiger partial charge in [-0.25, -0.2) is 4.98 Å². The molecule has 3 N–H and O–H groups in total. The molecule has 0 fully saturated rings. The van der Waals surface area contributed by atoms with Crippen LogP contribution in [0.5, 0.6) is 0 Å². The van der Waals surface area contributed by atoms with Crippen LogP contribution in [0.15, 0.2) is 0 Å². The molecule has 0 aliphatic heterocycles. The van der Waals surface area contributed by atoms with Gasteiger partial charge in [0.1, 0.15) is 0 Å². The summed E-state index contributed by atoms with van der Waals surface area (Å²) >= 11 is 1.44. The zero-order valence-corrected chi connectivity index (χ0v) is 8.57. The fourth-order valence-corrected chi connectivity index (χ4v) is 1.74. The molecule has 1 heterocycles. The fraction of sp³-hybridized carbons (Fsp3) is 0.500. The highest BCUT2D eigenvalue weighted by Crippen LogP contribution is 2.21. The number of hydrogen-bond acceptors (Lipinski definition) is 4. The summed E-state index contributed by atoms with van der Waals surface area (Å²) in [6.45, 7) is 4.17. The highest BCUT2D eigenvalue weighted by Gasteiger charge is 2.07. The number of amides is 1. The molecule has 13 heavy (non-hydrogen) atoms. The minimum Gasteiger partial charge on any atom is -0.326 e. The van der Waals surface area contributed by atoms with Crippen molar-refractivity contribution in [2.45, 2.75) is 26.8 Å². The zero-order chi connectivity index (χ0) is 9.84. The maximum Gasteiger partial charge on any atom is 0.225 e. The molecule has 0 atom stereocenters. The van der Waals surface area contributed by atoms with Crippen LogP contribution >= 0.6 is 11.3 Å². The summed E-state index contributed by atoms with van der Waals surface area (Å²) < 4.78 is 0. The highest BCUT2D eigenvalue weighted by atomic mass is 32.1. The normalized spacial score (nSPS) is 10.1. The Bertz CT molecular complexity index is 308. The number of nitrogens with two attached hydrogens (primary N) is 1. The molecule has 0 unspecified atom stereocenters. The molecule has 72 valence electrons. The van der Waals surface area contributed by atoms with Gasteiger partial charge in [0.2, 0.25) is 5.91 Å². The van der Waals surface area contributed by atoms with Gasteiger partial charge >= 0.3 is 0 Å². The number of rotatable bonds is 3. The second-order valence-electron chi connectivity index (χ2n) is 2.63. The first kappa shape index (κ1) is 10.1. The SMILES string of the molecule is CCC(=O)Nc1nc(C)c(CN)s1. The molecule has 0 saturated carbocycles. The van der Waals surface area contributed by atoms with Crippen molar-refractivity contribution in [2.75, 3.05) is 5.32 Å². The summed E-state index contributed by atoms with van der Waals surface area (Å²) in [5.41, 5.74) is 6.39. The smallest absolute Gasteiger partial charge is 0.225 e. The third-order valence-electron chi connectivity index (χ3n) is 1.65. The molecule has 0 aliphatic rings. The van der Waals surface area contributed by atoms with E-state index in [0.717, 1.165) is 10.6 Å². The van der Waals surface area contributed by atoms with Gasteiger partial charge in [-0.2, -0.15) is 0 Å². The zero-order valence-electron chi connectivity index (χ0n) is 7.76. The van der Waals surface area contributed by atoms with E-state index in [1.165, 1.54) is 11.3 Å². The molecule has 1 rings (SSSR count). The Kier molecular flexibility index (Phi) is 3.39. The molecule has 1 amide bonds. The maximum atomic E-state index is 11.0. The molecule has 1 aromatic heterocycles. The van der Waals surface area contributed by atoms with E-state index in [2.05, 4.69) is 10.3 Å². The maximum absolute atomic E-state index is 11.0. The van der Waals surface area contributed by atoms with Crippen molar-refractivity contribution in [3.05, 3.63) is 10.6 Å². The van der Waals surface area contributed by atoms with Crippen molar-refractivity contribution >= 4 is 22.4 Å². The Morgan fingerprint density at radius 2 is 2.38 bits per heavy atom. The predicted molar refractivity (Wildman–Crippen MR) is 53.7 cm³/mol. The molecule has 0 bridgehead atoms. The molecular formula is C8H13N3OS. The number of thiazole rings is 1. The average Bonchev–Trinajstić information content (AvgIpc) is 2.46. The Balaban J connectivity index is 2.73. The molecule has 1 aromatic rings. The first-order chi connectivity index (χ1) is 6.17. The van der Waals surface area contributed by atoms with Crippen molar-refractivity contribution in [2.24, 2.45) is 5.73 Å². The fourth-order valence-electron chi connectivity index (χ4n) is 0.879. The van der Waals surface area contributed by atoms with Crippen molar-refractivity contribution < 1.29 is 4.79 Å². The number of aromatic nitrogens is 1. The summed E-state index contributed by atoms with van der Waals surface area (Å²) in [4.78, 5) is 16.2. The van der Waals surface area contributed by atoms with Crippen LogP contribution in [-0.2, 0) is 11.3 Å². The van der Waals surface area contributed by atoms with E-state index in [1.807, 2.05) is 6.92 Å². The quantitative estimate of drug-likeness (QED) is 0.770. The minimum absolute atomic E-state index is 0.0164. The molecule has 0 spiro atoms. The topological polar surface area (TPSA) is 68.0 Å². The standard InChI is InChI=1S/C8H13N3OS/c1-3-7(12)11-8-10-5(2)6(4-9)13-8/h3-4,9H2,1-2H3,(H,10,11,12). The Labute approximate surface area is 81.2 Å². The predicted octanol–water partition coefficient (Wildman–Crippen LogP) is 1.26. The minimum atomic E-state index is -0.0164. The van der Waals surface area contributed by atoms with Gasteiger partial charge in [0.15, 0.2) is 5.13 Å².